The Bertz CT molecular complexity index is 944. The van der Waals surface area contributed by atoms with Crippen LogP contribution in [0.3, 0.4) is 0 Å². The van der Waals surface area contributed by atoms with Crippen molar-refractivity contribution in [3.05, 3.63) is 54.6 Å². The molecule has 6 heteroatoms. The van der Waals surface area contributed by atoms with Crippen molar-refractivity contribution in [2.75, 3.05) is 4.72 Å². The van der Waals surface area contributed by atoms with Gasteiger partial charge in [-0.2, -0.15) is 0 Å². The molecule has 1 aliphatic rings. The van der Waals surface area contributed by atoms with E-state index in [1.807, 2.05) is 28.8 Å². The van der Waals surface area contributed by atoms with E-state index in [9.17, 15) is 8.42 Å². The number of sulfonamides is 1. The molecule has 0 unspecified atom stereocenters. The average molecular weight is 327 g/mol. The molecule has 23 heavy (non-hydrogen) atoms. The first-order chi connectivity index (χ1) is 11.1. The third-order valence-corrected chi connectivity index (χ3v) is 5.42. The molecule has 1 N–H and O–H groups in total. The van der Waals surface area contributed by atoms with Crippen LogP contribution in [-0.2, 0) is 16.6 Å². The highest BCUT2D eigenvalue weighted by Gasteiger charge is 2.25. The summed E-state index contributed by atoms with van der Waals surface area (Å²) in [6.07, 6.45) is 2.38. The van der Waals surface area contributed by atoms with Crippen molar-refractivity contribution >= 4 is 27.0 Å². The third-order valence-electron chi connectivity index (χ3n) is 4.07. The van der Waals surface area contributed by atoms with Gasteiger partial charge in [0, 0.05) is 6.54 Å². The zero-order valence-electron chi connectivity index (χ0n) is 12.5. The lowest BCUT2D eigenvalue weighted by molar-refractivity contribution is 0.598. The maximum absolute atomic E-state index is 12.6. The van der Waals surface area contributed by atoms with Crippen molar-refractivity contribution in [3.63, 3.8) is 0 Å². The summed E-state index contributed by atoms with van der Waals surface area (Å²) >= 11 is 0. The van der Waals surface area contributed by atoms with Crippen LogP contribution in [0, 0.1) is 5.92 Å². The molecule has 0 aliphatic heterocycles. The number of nitrogens with one attached hydrogen (secondary N) is 1. The van der Waals surface area contributed by atoms with Gasteiger partial charge < -0.3 is 4.57 Å². The highest BCUT2D eigenvalue weighted by Crippen LogP contribution is 2.33. The van der Waals surface area contributed by atoms with Crippen LogP contribution in [-0.4, -0.2) is 18.0 Å². The van der Waals surface area contributed by atoms with Crippen LogP contribution < -0.4 is 4.72 Å². The molecular weight excluding hydrogens is 310 g/mol. The first-order valence-corrected chi connectivity index (χ1v) is 9.15. The molecular formula is C17H17N3O2S. The van der Waals surface area contributed by atoms with Crippen molar-refractivity contribution < 1.29 is 8.42 Å². The molecule has 0 atom stereocenters. The minimum absolute atomic E-state index is 0.241. The molecule has 0 amide bonds. The first-order valence-electron chi connectivity index (χ1n) is 7.67. The number of hydrogen-bond donors (Lipinski definition) is 1. The second-order valence-electron chi connectivity index (χ2n) is 5.90. The molecule has 5 nitrogen and oxygen atoms in total. The van der Waals surface area contributed by atoms with Gasteiger partial charge in [0.15, 0.2) is 0 Å². The molecule has 0 spiro atoms. The van der Waals surface area contributed by atoms with Gasteiger partial charge in [-0.15, -0.1) is 0 Å². The van der Waals surface area contributed by atoms with E-state index in [0.29, 0.717) is 11.9 Å². The number of rotatable bonds is 5. The Balaban J connectivity index is 1.76. The molecule has 2 aromatic carbocycles. The summed E-state index contributed by atoms with van der Waals surface area (Å²) in [5.74, 6) is 1.01. The zero-order chi connectivity index (χ0) is 15.9. The van der Waals surface area contributed by atoms with Crippen molar-refractivity contribution in [2.24, 2.45) is 5.92 Å². The molecule has 0 radical (unpaired) electrons. The minimum Gasteiger partial charge on any atom is -0.309 e. The first kappa shape index (κ1) is 14.3. The van der Waals surface area contributed by atoms with E-state index in [-0.39, 0.29) is 4.90 Å². The Morgan fingerprint density at radius 3 is 2.48 bits per heavy atom. The van der Waals surface area contributed by atoms with Gasteiger partial charge in [0.2, 0.25) is 5.95 Å². The van der Waals surface area contributed by atoms with Crippen LogP contribution in [0.1, 0.15) is 12.8 Å². The topological polar surface area (TPSA) is 64.0 Å². The summed E-state index contributed by atoms with van der Waals surface area (Å²) in [6, 6.07) is 16.1. The van der Waals surface area contributed by atoms with Gasteiger partial charge in [0.1, 0.15) is 0 Å². The van der Waals surface area contributed by atoms with Gasteiger partial charge in [-0.1, -0.05) is 30.3 Å². The molecule has 3 aromatic rings. The van der Waals surface area contributed by atoms with Gasteiger partial charge >= 0.3 is 0 Å². The van der Waals surface area contributed by atoms with Crippen LogP contribution in [0.5, 0.6) is 0 Å². The molecule has 0 saturated heterocycles. The van der Waals surface area contributed by atoms with E-state index in [1.165, 1.54) is 12.8 Å². The maximum Gasteiger partial charge on any atom is 0.264 e. The lowest BCUT2D eigenvalue weighted by Gasteiger charge is -2.11. The Hall–Kier alpha value is -2.34. The van der Waals surface area contributed by atoms with E-state index in [1.54, 1.807) is 30.3 Å². The quantitative estimate of drug-likeness (QED) is 0.782. The zero-order valence-corrected chi connectivity index (χ0v) is 13.3. The molecule has 1 fully saturated rings. The molecule has 1 heterocycles. The molecule has 4 rings (SSSR count). The summed E-state index contributed by atoms with van der Waals surface area (Å²) < 4.78 is 29.8. The Morgan fingerprint density at radius 1 is 1.04 bits per heavy atom. The number of nitrogens with zero attached hydrogens (tertiary/aromatic N) is 2. The van der Waals surface area contributed by atoms with E-state index in [0.717, 1.165) is 17.6 Å². The van der Waals surface area contributed by atoms with E-state index < -0.39 is 10.0 Å². The fourth-order valence-corrected chi connectivity index (χ4v) is 3.71. The largest absolute Gasteiger partial charge is 0.309 e. The molecule has 1 aromatic heterocycles. The number of aromatic nitrogens is 2. The number of para-hydroxylation sites is 2. The van der Waals surface area contributed by atoms with Gasteiger partial charge in [-0.05, 0) is 43.0 Å². The third kappa shape index (κ3) is 2.82. The van der Waals surface area contributed by atoms with E-state index >= 15 is 0 Å². The molecule has 1 saturated carbocycles. The summed E-state index contributed by atoms with van der Waals surface area (Å²) in [6.45, 7) is 0.799. The van der Waals surface area contributed by atoms with Gasteiger partial charge in [0.25, 0.3) is 10.0 Å². The summed E-state index contributed by atoms with van der Waals surface area (Å²) in [5, 5.41) is 0. The smallest absolute Gasteiger partial charge is 0.264 e. The van der Waals surface area contributed by atoms with Crippen LogP contribution in [0.25, 0.3) is 11.0 Å². The van der Waals surface area contributed by atoms with Gasteiger partial charge in [-0.3, -0.25) is 0 Å². The van der Waals surface area contributed by atoms with Crippen LogP contribution in [0.2, 0.25) is 0 Å². The van der Waals surface area contributed by atoms with Crippen molar-refractivity contribution in [2.45, 2.75) is 24.3 Å². The highest BCUT2D eigenvalue weighted by molar-refractivity contribution is 7.92. The minimum atomic E-state index is -3.63. The predicted octanol–water partition coefficient (Wildman–Crippen LogP) is 3.25. The maximum atomic E-state index is 12.6. The molecule has 1 aliphatic carbocycles. The molecule has 118 valence electrons. The van der Waals surface area contributed by atoms with Crippen LogP contribution in [0.4, 0.5) is 5.95 Å². The number of benzene rings is 2. The standard InChI is InChI=1S/C17H17N3O2S/c21-23(22,14-6-2-1-3-7-14)19-17-18-15-8-4-5-9-16(15)20(17)12-13-10-11-13/h1-9,13H,10-12H2,(H,18,19). The van der Waals surface area contributed by atoms with Crippen molar-refractivity contribution in [3.8, 4) is 0 Å². The normalized spacial score (nSPS) is 15.0. The average Bonchev–Trinajstić information content (AvgIpc) is 3.31. The van der Waals surface area contributed by atoms with Gasteiger partial charge in [0.05, 0.1) is 15.9 Å². The lowest BCUT2D eigenvalue weighted by Crippen LogP contribution is -2.17. The second-order valence-corrected chi connectivity index (χ2v) is 7.58. The van der Waals surface area contributed by atoms with Crippen LogP contribution in [0.15, 0.2) is 59.5 Å². The predicted molar refractivity (Wildman–Crippen MR) is 89.7 cm³/mol. The van der Waals surface area contributed by atoms with E-state index in [4.69, 9.17) is 0 Å². The van der Waals surface area contributed by atoms with E-state index in [2.05, 4.69) is 9.71 Å². The fourth-order valence-electron chi connectivity index (χ4n) is 2.68. The fraction of sp³-hybridized carbons (Fsp3) is 0.235. The Labute approximate surface area is 135 Å². The second kappa shape index (κ2) is 5.38. The number of imidazole rings is 1. The molecule has 0 bridgehead atoms. The summed E-state index contributed by atoms with van der Waals surface area (Å²) in [7, 11) is -3.63. The Kier molecular flexibility index (Phi) is 3.34. The number of hydrogen-bond acceptors (Lipinski definition) is 3. The SMILES string of the molecule is O=S(=O)(Nc1nc2ccccc2n1CC1CC1)c1ccccc1. The van der Waals surface area contributed by atoms with Gasteiger partial charge in [-0.25, -0.2) is 18.1 Å². The van der Waals surface area contributed by atoms with Crippen molar-refractivity contribution in [1.82, 2.24) is 9.55 Å². The Morgan fingerprint density at radius 2 is 1.74 bits per heavy atom. The van der Waals surface area contributed by atoms with Crippen molar-refractivity contribution in [1.29, 1.82) is 0 Å². The lowest BCUT2D eigenvalue weighted by atomic mass is 10.3. The number of anilines is 1. The summed E-state index contributed by atoms with van der Waals surface area (Å²) in [4.78, 5) is 4.72. The summed E-state index contributed by atoms with van der Waals surface area (Å²) in [5.41, 5.74) is 1.77. The highest BCUT2D eigenvalue weighted by atomic mass is 32.2. The number of fused-ring (bicyclic) bond motifs is 1. The van der Waals surface area contributed by atoms with Crippen LogP contribution >= 0.6 is 0 Å². The monoisotopic (exact) mass is 327 g/mol.